The van der Waals surface area contributed by atoms with Gasteiger partial charge >= 0.3 is 0 Å². The van der Waals surface area contributed by atoms with Crippen molar-refractivity contribution in [3.63, 3.8) is 0 Å². The van der Waals surface area contributed by atoms with Crippen molar-refractivity contribution in [2.45, 2.75) is 23.9 Å². The van der Waals surface area contributed by atoms with Gasteiger partial charge in [-0.3, -0.25) is 0 Å². The van der Waals surface area contributed by atoms with Crippen molar-refractivity contribution >= 4 is 17.4 Å². The Morgan fingerprint density at radius 1 is 1.05 bits per heavy atom. The molecule has 1 unspecified atom stereocenters. The molecule has 2 aliphatic heterocycles. The largest absolute Gasteiger partial charge is 0.363 e. The van der Waals surface area contributed by atoms with E-state index in [1.165, 1.54) is 33.9 Å². The van der Waals surface area contributed by atoms with Gasteiger partial charge in [-0.15, -0.1) is 11.8 Å². The molecule has 0 aromatic heterocycles. The lowest BCUT2D eigenvalue weighted by atomic mass is 10.00. The molecule has 4 rings (SSSR count). The van der Waals surface area contributed by atoms with Gasteiger partial charge in [0, 0.05) is 36.0 Å². The number of rotatable bonds is 1. The molecule has 0 saturated heterocycles. The maximum Gasteiger partial charge on any atom is 0.0562 e. The maximum absolute atomic E-state index is 3.55. The minimum absolute atomic E-state index is 0.517. The molecule has 1 atom stereocenters. The van der Waals surface area contributed by atoms with Gasteiger partial charge in [0.25, 0.3) is 0 Å². The number of nitrogens with zero attached hydrogens (tertiary/aromatic N) is 1. The van der Waals surface area contributed by atoms with Crippen LogP contribution in [0.5, 0.6) is 0 Å². The molecule has 108 valence electrons. The highest BCUT2D eigenvalue weighted by atomic mass is 32.2. The summed E-state index contributed by atoms with van der Waals surface area (Å²) in [6.45, 7) is 3.12. The van der Waals surface area contributed by atoms with Crippen molar-refractivity contribution in [3.8, 4) is 0 Å². The predicted octanol–water partition coefficient (Wildman–Crippen LogP) is 3.83. The summed E-state index contributed by atoms with van der Waals surface area (Å²) in [6.07, 6.45) is 1.23. The number of nitrogens with one attached hydrogen (secondary N) is 1. The second-order valence-electron chi connectivity index (χ2n) is 5.69. The Morgan fingerprint density at radius 2 is 1.90 bits per heavy atom. The van der Waals surface area contributed by atoms with E-state index in [-0.39, 0.29) is 0 Å². The van der Waals surface area contributed by atoms with E-state index in [1.54, 1.807) is 0 Å². The average Bonchev–Trinajstić information content (AvgIpc) is 2.77. The van der Waals surface area contributed by atoms with Crippen LogP contribution in [0.1, 0.15) is 23.6 Å². The van der Waals surface area contributed by atoms with Crippen molar-refractivity contribution in [2.75, 3.05) is 23.7 Å². The van der Waals surface area contributed by atoms with Crippen molar-refractivity contribution in [2.24, 2.45) is 0 Å². The lowest BCUT2D eigenvalue weighted by Gasteiger charge is -2.37. The van der Waals surface area contributed by atoms with Gasteiger partial charge in [-0.2, -0.15) is 0 Å². The highest BCUT2D eigenvalue weighted by molar-refractivity contribution is 7.99. The smallest absolute Gasteiger partial charge is 0.0562 e. The second kappa shape index (κ2) is 5.74. The highest BCUT2D eigenvalue weighted by Gasteiger charge is 2.28. The predicted molar refractivity (Wildman–Crippen MR) is 90.0 cm³/mol. The molecule has 21 heavy (non-hydrogen) atoms. The third-order valence-electron chi connectivity index (χ3n) is 4.45. The number of hydrogen-bond acceptors (Lipinski definition) is 3. The SMILES string of the molecule is c1ccc2c(c1)CNCCN2C1CCSc2ccccc21. The lowest BCUT2D eigenvalue weighted by Crippen LogP contribution is -2.34. The van der Waals surface area contributed by atoms with Crippen molar-refractivity contribution < 1.29 is 0 Å². The molecule has 0 aliphatic carbocycles. The van der Waals surface area contributed by atoms with Gasteiger partial charge < -0.3 is 10.2 Å². The average molecular weight is 296 g/mol. The molecule has 2 aromatic carbocycles. The highest BCUT2D eigenvalue weighted by Crippen LogP contribution is 2.41. The molecule has 2 aromatic rings. The van der Waals surface area contributed by atoms with Crippen LogP contribution in [0.4, 0.5) is 5.69 Å². The Labute approximate surface area is 130 Å². The third kappa shape index (κ3) is 2.45. The number of anilines is 1. The molecule has 0 radical (unpaired) electrons. The molecule has 2 aliphatic rings. The first-order valence-corrected chi connectivity index (χ1v) is 8.69. The fourth-order valence-electron chi connectivity index (χ4n) is 3.45. The number of benzene rings is 2. The molecule has 0 fully saturated rings. The van der Waals surface area contributed by atoms with E-state index in [2.05, 4.69) is 58.7 Å². The Balaban J connectivity index is 1.77. The van der Waals surface area contributed by atoms with Crippen LogP contribution in [-0.4, -0.2) is 18.8 Å². The Kier molecular flexibility index (Phi) is 3.62. The van der Waals surface area contributed by atoms with Crippen molar-refractivity contribution in [1.29, 1.82) is 0 Å². The second-order valence-corrected chi connectivity index (χ2v) is 6.83. The molecule has 0 amide bonds. The van der Waals surface area contributed by atoms with Gasteiger partial charge in [0.1, 0.15) is 0 Å². The van der Waals surface area contributed by atoms with E-state index < -0.39 is 0 Å². The zero-order valence-corrected chi connectivity index (χ0v) is 12.9. The van der Waals surface area contributed by atoms with Crippen LogP contribution < -0.4 is 10.2 Å². The normalized spacial score (nSPS) is 21.3. The number of hydrogen-bond donors (Lipinski definition) is 1. The number of para-hydroxylation sites is 1. The quantitative estimate of drug-likeness (QED) is 0.861. The Hall–Kier alpha value is -1.45. The van der Waals surface area contributed by atoms with Crippen LogP contribution in [0.25, 0.3) is 0 Å². The summed E-state index contributed by atoms with van der Waals surface area (Å²) in [6, 6.07) is 18.3. The Morgan fingerprint density at radius 3 is 2.90 bits per heavy atom. The van der Waals surface area contributed by atoms with Crippen molar-refractivity contribution in [3.05, 3.63) is 59.7 Å². The van der Waals surface area contributed by atoms with E-state index in [9.17, 15) is 0 Å². The van der Waals surface area contributed by atoms with E-state index in [4.69, 9.17) is 0 Å². The molecule has 3 heteroatoms. The van der Waals surface area contributed by atoms with Gasteiger partial charge in [0.2, 0.25) is 0 Å². The molecular weight excluding hydrogens is 276 g/mol. The first-order valence-electron chi connectivity index (χ1n) is 7.70. The van der Waals surface area contributed by atoms with Crippen LogP contribution >= 0.6 is 11.8 Å². The molecule has 0 saturated carbocycles. The number of fused-ring (bicyclic) bond motifs is 2. The molecular formula is C18H20N2S. The summed E-state index contributed by atoms with van der Waals surface area (Å²) in [5, 5.41) is 3.55. The maximum atomic E-state index is 3.55. The van der Waals surface area contributed by atoms with E-state index in [0.717, 1.165) is 19.6 Å². The van der Waals surface area contributed by atoms with E-state index in [0.29, 0.717) is 6.04 Å². The van der Waals surface area contributed by atoms with Crippen molar-refractivity contribution in [1.82, 2.24) is 5.32 Å². The van der Waals surface area contributed by atoms with Gasteiger partial charge in [0.05, 0.1) is 6.04 Å². The van der Waals surface area contributed by atoms with E-state index >= 15 is 0 Å². The lowest BCUT2D eigenvalue weighted by molar-refractivity contribution is 0.581. The van der Waals surface area contributed by atoms with Crippen LogP contribution in [0.15, 0.2) is 53.4 Å². The van der Waals surface area contributed by atoms with Crippen LogP contribution in [0.2, 0.25) is 0 Å². The molecule has 1 N–H and O–H groups in total. The van der Waals surface area contributed by atoms with Gasteiger partial charge in [0.15, 0.2) is 0 Å². The van der Waals surface area contributed by atoms with Gasteiger partial charge in [-0.25, -0.2) is 0 Å². The van der Waals surface area contributed by atoms with E-state index in [1.807, 2.05) is 11.8 Å². The Bertz CT molecular complexity index is 641. The van der Waals surface area contributed by atoms with Crippen LogP contribution in [-0.2, 0) is 6.54 Å². The zero-order valence-electron chi connectivity index (χ0n) is 12.1. The van der Waals surface area contributed by atoms with Crippen LogP contribution in [0.3, 0.4) is 0 Å². The first-order chi connectivity index (χ1) is 10.4. The summed E-state index contributed by atoms with van der Waals surface area (Å²) in [7, 11) is 0. The van der Waals surface area contributed by atoms with Crippen LogP contribution in [0, 0.1) is 0 Å². The first kappa shape index (κ1) is 13.2. The summed E-state index contributed by atoms with van der Waals surface area (Å²) >= 11 is 2.00. The molecule has 0 bridgehead atoms. The molecule has 0 spiro atoms. The van der Waals surface area contributed by atoms with Gasteiger partial charge in [-0.1, -0.05) is 36.4 Å². The molecule has 2 heterocycles. The topological polar surface area (TPSA) is 15.3 Å². The fraction of sp³-hybridized carbons (Fsp3) is 0.333. The summed E-state index contributed by atoms with van der Waals surface area (Å²) < 4.78 is 0. The fourth-order valence-corrected chi connectivity index (χ4v) is 4.56. The molecule has 2 nitrogen and oxygen atoms in total. The zero-order chi connectivity index (χ0) is 14.1. The standard InChI is InChI=1S/C18H20N2S/c1-3-7-16-14(5-1)13-19-10-11-20(16)17-9-12-21-18-8-4-2-6-15(17)18/h1-8,17,19H,9-13H2. The third-order valence-corrected chi connectivity index (χ3v) is 5.57. The number of thioether (sulfide) groups is 1. The summed E-state index contributed by atoms with van der Waals surface area (Å²) in [5.74, 6) is 1.22. The summed E-state index contributed by atoms with van der Waals surface area (Å²) in [4.78, 5) is 4.08. The monoisotopic (exact) mass is 296 g/mol. The van der Waals surface area contributed by atoms with Gasteiger partial charge in [-0.05, 0) is 29.7 Å². The minimum atomic E-state index is 0.517. The minimum Gasteiger partial charge on any atom is -0.363 e. The summed E-state index contributed by atoms with van der Waals surface area (Å²) in [5.41, 5.74) is 4.34.